The van der Waals surface area contributed by atoms with Crippen molar-refractivity contribution in [3.8, 4) is 17.2 Å². The zero-order valence-corrected chi connectivity index (χ0v) is 16.9. The first-order valence-corrected chi connectivity index (χ1v) is 8.98. The van der Waals surface area contributed by atoms with E-state index in [4.69, 9.17) is 15.3 Å². The molecule has 24 heavy (non-hydrogen) atoms. The van der Waals surface area contributed by atoms with Crippen LogP contribution in [0.2, 0.25) is 0 Å². The second-order valence-electron chi connectivity index (χ2n) is 4.47. The van der Waals surface area contributed by atoms with Crippen molar-refractivity contribution < 1.29 is 15.3 Å². The molecule has 3 rings (SSSR count). The molecule has 0 radical (unpaired) electrons. The van der Waals surface area contributed by atoms with E-state index in [1.807, 2.05) is 12.1 Å². The highest BCUT2D eigenvalue weighted by Gasteiger charge is 2.03. The largest absolute Gasteiger partial charge is 0.508 e. The molecule has 0 heterocycles. The molecule has 126 valence electrons. The third kappa shape index (κ3) is 7.82. The van der Waals surface area contributed by atoms with Gasteiger partial charge in [-0.05, 0) is 68.3 Å². The van der Waals surface area contributed by atoms with Gasteiger partial charge in [0.15, 0.2) is 0 Å². The van der Waals surface area contributed by atoms with Gasteiger partial charge in [-0.15, -0.1) is 9.24 Å². The van der Waals surface area contributed by atoms with Crippen molar-refractivity contribution in [2.75, 3.05) is 0 Å². The number of halogens is 2. The lowest BCUT2D eigenvalue weighted by atomic mass is 10.3. The maximum absolute atomic E-state index is 9.15. The Morgan fingerprint density at radius 3 is 1.33 bits per heavy atom. The lowest BCUT2D eigenvalue weighted by Gasteiger charge is -2.01. The molecule has 0 aliphatic carbocycles. The summed E-state index contributed by atoms with van der Waals surface area (Å²) < 4.78 is 1.81. The van der Waals surface area contributed by atoms with Gasteiger partial charge in [0, 0.05) is 14.2 Å². The highest BCUT2D eigenvalue weighted by Crippen LogP contribution is 2.26. The number of aromatic hydroxyl groups is 3. The minimum atomic E-state index is 0.278. The summed E-state index contributed by atoms with van der Waals surface area (Å²) in [7, 11) is 2.45. The van der Waals surface area contributed by atoms with E-state index >= 15 is 0 Å². The number of para-hydroxylation sites is 2. The van der Waals surface area contributed by atoms with E-state index in [1.165, 1.54) is 0 Å². The van der Waals surface area contributed by atoms with E-state index in [9.17, 15) is 0 Å². The fourth-order valence-electron chi connectivity index (χ4n) is 1.41. The second kappa shape index (κ2) is 11.1. The molecule has 0 bridgehead atoms. The first-order valence-electron chi connectivity index (χ1n) is 6.82. The minimum absolute atomic E-state index is 0.278. The van der Waals surface area contributed by atoms with Crippen LogP contribution in [0.5, 0.6) is 17.2 Å². The number of hydrogen-bond donors (Lipinski definition) is 3. The minimum Gasteiger partial charge on any atom is -0.508 e. The molecule has 1 unspecified atom stereocenters. The molecule has 6 heteroatoms. The number of phenolic OH excluding ortho intramolecular Hbond substituents is 3. The predicted molar refractivity (Wildman–Crippen MR) is 109 cm³/mol. The summed E-state index contributed by atoms with van der Waals surface area (Å²) in [4.78, 5) is 0. The van der Waals surface area contributed by atoms with Crippen LogP contribution in [-0.2, 0) is 0 Å². The number of rotatable bonds is 0. The number of hydrogen-bond acceptors (Lipinski definition) is 3. The Kier molecular flexibility index (Phi) is 9.46. The van der Waals surface area contributed by atoms with Crippen LogP contribution >= 0.6 is 41.1 Å². The monoisotopic (exact) mass is 470 g/mol. The van der Waals surface area contributed by atoms with Gasteiger partial charge in [0.1, 0.15) is 17.2 Å². The molecular formula is C18H17Br2O3P. The summed E-state index contributed by atoms with van der Waals surface area (Å²) in [6.07, 6.45) is 0. The quantitative estimate of drug-likeness (QED) is 0.395. The molecule has 0 aliphatic heterocycles. The zero-order chi connectivity index (χ0) is 17.9. The van der Waals surface area contributed by atoms with E-state index < -0.39 is 0 Å². The summed E-state index contributed by atoms with van der Waals surface area (Å²) in [6, 6.07) is 20.8. The van der Waals surface area contributed by atoms with Crippen LogP contribution in [0, 0.1) is 0 Å². The average molecular weight is 472 g/mol. The molecule has 0 saturated heterocycles. The summed E-state index contributed by atoms with van der Waals surface area (Å²) in [5, 5.41) is 27.2. The topological polar surface area (TPSA) is 60.7 Å². The summed E-state index contributed by atoms with van der Waals surface area (Å²) in [5.41, 5.74) is 0. The Bertz CT molecular complexity index is 674. The van der Waals surface area contributed by atoms with E-state index in [0.717, 1.165) is 14.2 Å². The van der Waals surface area contributed by atoms with Crippen LogP contribution in [0.1, 0.15) is 0 Å². The molecule has 1 atom stereocenters. The van der Waals surface area contributed by atoms with Crippen LogP contribution in [0.25, 0.3) is 0 Å². The van der Waals surface area contributed by atoms with Crippen molar-refractivity contribution >= 4 is 46.4 Å². The van der Waals surface area contributed by atoms with Gasteiger partial charge in [0.25, 0.3) is 0 Å². The molecule has 0 spiro atoms. The molecule has 3 nitrogen and oxygen atoms in total. The van der Waals surface area contributed by atoms with Crippen molar-refractivity contribution in [3.05, 3.63) is 81.7 Å². The fourth-order valence-corrected chi connectivity index (χ4v) is 2.56. The molecule has 0 aliphatic rings. The van der Waals surface area contributed by atoms with Crippen molar-refractivity contribution in [1.29, 1.82) is 0 Å². The maximum atomic E-state index is 9.15. The van der Waals surface area contributed by atoms with Gasteiger partial charge in [-0.25, -0.2) is 0 Å². The van der Waals surface area contributed by atoms with Crippen LogP contribution in [0.4, 0.5) is 0 Å². The Morgan fingerprint density at radius 1 is 0.625 bits per heavy atom. The second-order valence-corrected chi connectivity index (χ2v) is 6.69. The van der Waals surface area contributed by atoms with Crippen LogP contribution in [0.15, 0.2) is 81.7 Å². The van der Waals surface area contributed by atoms with Crippen LogP contribution < -0.4 is 5.30 Å². The Morgan fingerprint density at radius 2 is 1.04 bits per heavy atom. The Balaban J connectivity index is 0.000000185. The van der Waals surface area contributed by atoms with Crippen LogP contribution in [0.3, 0.4) is 0 Å². The molecule has 3 aromatic carbocycles. The van der Waals surface area contributed by atoms with Gasteiger partial charge >= 0.3 is 0 Å². The maximum Gasteiger partial charge on any atom is 0.123 e. The standard InChI is InChI=1S/C6H5Br2OP.2C6H6O/c7-3-1-2-4(9)6(10)5(3)8;2*7-6-4-2-1-3-5-6/h1-2,9H,10H2;2*1-5,7H. The summed E-state index contributed by atoms with van der Waals surface area (Å²) in [5.74, 6) is 0.921. The van der Waals surface area contributed by atoms with E-state index in [1.54, 1.807) is 60.7 Å². The fraction of sp³-hybridized carbons (Fsp3) is 0. The molecular weight excluding hydrogens is 455 g/mol. The summed E-state index contributed by atoms with van der Waals surface area (Å²) in [6.45, 7) is 0. The first-order chi connectivity index (χ1) is 11.4. The predicted octanol–water partition coefficient (Wildman–Crippen LogP) is 5.20. The molecule has 3 aromatic rings. The van der Waals surface area contributed by atoms with E-state index in [0.29, 0.717) is 11.5 Å². The first kappa shape index (κ1) is 20.5. The lowest BCUT2D eigenvalue weighted by Crippen LogP contribution is -1.93. The van der Waals surface area contributed by atoms with Crippen LogP contribution in [-0.4, -0.2) is 15.3 Å². The van der Waals surface area contributed by atoms with E-state index in [2.05, 4.69) is 41.1 Å². The Labute approximate surface area is 160 Å². The SMILES string of the molecule is Oc1ccc(Br)c(Br)c1P.Oc1ccccc1.Oc1ccccc1. The summed E-state index contributed by atoms with van der Waals surface area (Å²) >= 11 is 6.61. The third-order valence-corrected chi connectivity index (χ3v) is 5.68. The van der Waals surface area contributed by atoms with Gasteiger partial charge in [-0.1, -0.05) is 36.4 Å². The average Bonchev–Trinajstić information content (AvgIpc) is 2.59. The normalized spacial score (nSPS) is 9.12. The van der Waals surface area contributed by atoms with Gasteiger partial charge in [-0.2, -0.15) is 0 Å². The van der Waals surface area contributed by atoms with Gasteiger partial charge < -0.3 is 15.3 Å². The molecule has 0 fully saturated rings. The number of benzene rings is 3. The Hall–Kier alpha value is -1.55. The van der Waals surface area contributed by atoms with Crippen molar-refractivity contribution in [2.45, 2.75) is 0 Å². The van der Waals surface area contributed by atoms with Crippen molar-refractivity contribution in [3.63, 3.8) is 0 Å². The zero-order valence-electron chi connectivity index (χ0n) is 12.6. The van der Waals surface area contributed by atoms with E-state index in [-0.39, 0.29) is 5.75 Å². The van der Waals surface area contributed by atoms with Crippen molar-refractivity contribution in [1.82, 2.24) is 0 Å². The molecule has 0 saturated carbocycles. The highest BCUT2D eigenvalue weighted by molar-refractivity contribution is 9.13. The van der Waals surface area contributed by atoms with Gasteiger partial charge in [0.05, 0.1) is 0 Å². The highest BCUT2D eigenvalue weighted by atomic mass is 79.9. The lowest BCUT2D eigenvalue weighted by molar-refractivity contribution is 0.475. The third-order valence-electron chi connectivity index (χ3n) is 2.62. The van der Waals surface area contributed by atoms with Gasteiger partial charge in [0.2, 0.25) is 0 Å². The molecule has 0 aromatic heterocycles. The number of phenols is 3. The molecule has 3 N–H and O–H groups in total. The van der Waals surface area contributed by atoms with Crippen molar-refractivity contribution in [2.24, 2.45) is 0 Å². The molecule has 0 amide bonds. The smallest absolute Gasteiger partial charge is 0.123 e. The van der Waals surface area contributed by atoms with Gasteiger partial charge in [-0.3, -0.25) is 0 Å².